The summed E-state index contributed by atoms with van der Waals surface area (Å²) in [7, 11) is 0. The van der Waals surface area contributed by atoms with Gasteiger partial charge in [-0.1, -0.05) is 13.0 Å². The number of Topliss-reactive ketones (excluding diaryl/α,β-unsaturated/α-hetero) is 1. The number of hydrogen-bond donors (Lipinski definition) is 1. The normalized spacial score (nSPS) is 19.3. The summed E-state index contributed by atoms with van der Waals surface area (Å²) in [5.41, 5.74) is -1.01. The third-order valence-electron chi connectivity index (χ3n) is 6.54. The maximum atomic E-state index is 12.8. The summed E-state index contributed by atoms with van der Waals surface area (Å²) in [6, 6.07) is 4.17. The van der Waals surface area contributed by atoms with Crippen molar-refractivity contribution in [3.63, 3.8) is 0 Å². The van der Waals surface area contributed by atoms with Crippen LogP contribution in [-0.4, -0.2) is 91.2 Å². The SMILES string of the molecule is CCC(=O)N1CCN(CCN2CC[C@@H](CC(=O)CNC(=O)c3cccc(C(F)(F)F)c3)C2)CC1.F. The van der Waals surface area contributed by atoms with Crippen LogP contribution in [0.25, 0.3) is 0 Å². The molecule has 2 amide bonds. The Kier molecular flexibility index (Phi) is 10.6. The van der Waals surface area contributed by atoms with Crippen molar-refractivity contribution in [1.29, 1.82) is 0 Å². The van der Waals surface area contributed by atoms with E-state index in [1.54, 1.807) is 0 Å². The lowest BCUT2D eigenvalue weighted by atomic mass is 10.0. The van der Waals surface area contributed by atoms with Crippen molar-refractivity contribution in [1.82, 2.24) is 20.0 Å². The molecule has 0 radical (unpaired) electrons. The summed E-state index contributed by atoms with van der Waals surface area (Å²) in [6.07, 6.45) is -2.73. The zero-order chi connectivity index (χ0) is 24.7. The molecule has 2 fully saturated rings. The molecule has 0 bridgehead atoms. The van der Waals surface area contributed by atoms with E-state index in [0.29, 0.717) is 12.8 Å². The molecule has 1 atom stereocenters. The Balaban J connectivity index is 0.00000432. The van der Waals surface area contributed by atoms with Crippen molar-refractivity contribution < 1.29 is 32.3 Å². The molecule has 0 spiro atoms. The van der Waals surface area contributed by atoms with E-state index in [2.05, 4.69) is 15.1 Å². The maximum Gasteiger partial charge on any atom is 0.416 e. The van der Waals surface area contributed by atoms with Crippen molar-refractivity contribution in [2.24, 2.45) is 5.92 Å². The number of ketones is 1. The third-order valence-corrected chi connectivity index (χ3v) is 6.54. The van der Waals surface area contributed by atoms with E-state index < -0.39 is 17.6 Å². The smallest absolute Gasteiger partial charge is 0.345 e. The Bertz CT molecular complexity index is 873. The summed E-state index contributed by atoms with van der Waals surface area (Å²) < 4.78 is 38.4. The molecular formula is C24H34F4N4O3. The van der Waals surface area contributed by atoms with Crippen molar-refractivity contribution in [3.8, 4) is 0 Å². The predicted molar refractivity (Wildman–Crippen MR) is 124 cm³/mol. The lowest BCUT2D eigenvalue weighted by molar-refractivity contribution is -0.137. The minimum atomic E-state index is -4.52. The number of alkyl halides is 3. The molecule has 0 aliphatic carbocycles. The maximum absolute atomic E-state index is 12.8. The average molecular weight is 503 g/mol. The van der Waals surface area contributed by atoms with Crippen molar-refractivity contribution >= 4 is 17.6 Å². The van der Waals surface area contributed by atoms with E-state index in [9.17, 15) is 27.6 Å². The number of nitrogens with one attached hydrogen (secondary N) is 1. The van der Waals surface area contributed by atoms with E-state index in [1.165, 1.54) is 12.1 Å². The van der Waals surface area contributed by atoms with Gasteiger partial charge >= 0.3 is 6.18 Å². The fraction of sp³-hybridized carbons (Fsp3) is 0.625. The molecule has 2 saturated heterocycles. The van der Waals surface area contributed by atoms with Crippen molar-refractivity contribution in [3.05, 3.63) is 35.4 Å². The van der Waals surface area contributed by atoms with Crippen LogP contribution in [0.5, 0.6) is 0 Å². The Morgan fingerprint density at radius 2 is 1.71 bits per heavy atom. The summed E-state index contributed by atoms with van der Waals surface area (Å²) in [6.45, 7) is 8.59. The van der Waals surface area contributed by atoms with Crippen LogP contribution in [0.4, 0.5) is 17.9 Å². The van der Waals surface area contributed by atoms with Crippen LogP contribution in [0.3, 0.4) is 0 Å². The van der Waals surface area contributed by atoms with Gasteiger partial charge in [0.05, 0.1) is 12.1 Å². The molecule has 0 aromatic heterocycles. The van der Waals surface area contributed by atoms with E-state index in [4.69, 9.17) is 0 Å². The molecule has 2 aliphatic heterocycles. The van der Waals surface area contributed by atoms with Crippen LogP contribution in [0.2, 0.25) is 0 Å². The molecule has 11 heteroatoms. The first-order valence-electron chi connectivity index (χ1n) is 11.9. The van der Waals surface area contributed by atoms with Gasteiger partial charge in [-0.2, -0.15) is 13.2 Å². The van der Waals surface area contributed by atoms with E-state index in [0.717, 1.165) is 70.9 Å². The number of carbonyl (C=O) groups is 3. The second kappa shape index (κ2) is 13.0. The number of likely N-dealkylation sites (tertiary alicyclic amines) is 1. The first-order valence-corrected chi connectivity index (χ1v) is 11.9. The summed E-state index contributed by atoms with van der Waals surface area (Å²) >= 11 is 0. The fourth-order valence-electron chi connectivity index (χ4n) is 4.52. The molecule has 2 heterocycles. The van der Waals surface area contributed by atoms with Crippen LogP contribution < -0.4 is 5.32 Å². The highest BCUT2D eigenvalue weighted by atomic mass is 19.4. The largest absolute Gasteiger partial charge is 0.416 e. The van der Waals surface area contributed by atoms with Crippen LogP contribution in [0.1, 0.15) is 42.1 Å². The molecule has 196 valence electrons. The van der Waals surface area contributed by atoms with Crippen LogP contribution in [0.15, 0.2) is 24.3 Å². The molecule has 7 nitrogen and oxygen atoms in total. The Hall–Kier alpha value is -2.53. The van der Waals surface area contributed by atoms with Gasteiger partial charge in [-0.25, -0.2) is 0 Å². The number of nitrogens with zero attached hydrogens (tertiary/aromatic N) is 3. The number of amides is 2. The molecule has 1 aromatic carbocycles. The van der Waals surface area contributed by atoms with E-state index >= 15 is 0 Å². The van der Waals surface area contributed by atoms with Gasteiger partial charge in [0.25, 0.3) is 5.91 Å². The molecule has 2 aliphatic rings. The number of rotatable bonds is 9. The molecule has 3 rings (SSSR count). The second-order valence-corrected chi connectivity index (χ2v) is 9.04. The van der Waals surface area contributed by atoms with E-state index in [-0.39, 0.29) is 34.4 Å². The number of hydrogen-bond acceptors (Lipinski definition) is 5. The lowest BCUT2D eigenvalue weighted by Gasteiger charge is -2.35. The number of carbonyl (C=O) groups excluding carboxylic acids is 3. The summed E-state index contributed by atoms with van der Waals surface area (Å²) in [4.78, 5) is 42.9. The van der Waals surface area contributed by atoms with Crippen LogP contribution in [-0.2, 0) is 15.8 Å². The Labute approximate surface area is 203 Å². The standard InChI is InChI=1S/C24H33F3N4O3.FH/c1-2-22(33)31-12-10-29(11-13-31)8-9-30-7-6-18(17-30)14-21(32)16-28-23(34)19-4-3-5-20(15-19)24(25,26)27;/h3-5,15,18H,2,6-14,16-17H2,1H3,(H,28,34);1H/t18-;/m0./s1. The van der Waals surface area contributed by atoms with Gasteiger partial charge in [-0.3, -0.25) is 24.0 Å². The van der Waals surface area contributed by atoms with Gasteiger partial charge in [0, 0.05) is 64.2 Å². The average Bonchev–Trinajstić information content (AvgIpc) is 3.27. The molecular weight excluding hydrogens is 468 g/mol. The van der Waals surface area contributed by atoms with E-state index in [1.807, 2.05) is 11.8 Å². The first kappa shape index (κ1) is 28.7. The van der Waals surface area contributed by atoms with Gasteiger partial charge < -0.3 is 15.1 Å². The second-order valence-electron chi connectivity index (χ2n) is 9.04. The van der Waals surface area contributed by atoms with Crippen LogP contribution >= 0.6 is 0 Å². The quantitative estimate of drug-likeness (QED) is 0.526. The van der Waals surface area contributed by atoms with Crippen molar-refractivity contribution in [2.75, 3.05) is 58.9 Å². The number of piperazine rings is 1. The monoisotopic (exact) mass is 502 g/mol. The molecule has 1 N–H and O–H groups in total. The lowest BCUT2D eigenvalue weighted by Crippen LogP contribution is -2.50. The van der Waals surface area contributed by atoms with Gasteiger partial charge in [-0.15, -0.1) is 0 Å². The first-order chi connectivity index (χ1) is 16.2. The summed E-state index contributed by atoms with van der Waals surface area (Å²) in [5, 5.41) is 2.44. The predicted octanol–water partition coefficient (Wildman–Crippen LogP) is 2.42. The Morgan fingerprint density at radius 3 is 2.37 bits per heavy atom. The van der Waals surface area contributed by atoms with Gasteiger partial charge in [-0.05, 0) is 37.1 Å². The number of benzene rings is 1. The molecule has 1 aromatic rings. The van der Waals surface area contributed by atoms with Gasteiger partial charge in [0.15, 0.2) is 5.78 Å². The highest BCUT2D eigenvalue weighted by Gasteiger charge is 2.31. The minimum absolute atomic E-state index is 0. The van der Waals surface area contributed by atoms with Gasteiger partial charge in [0.1, 0.15) is 0 Å². The highest BCUT2D eigenvalue weighted by molar-refractivity contribution is 5.96. The zero-order valence-corrected chi connectivity index (χ0v) is 20.0. The highest BCUT2D eigenvalue weighted by Crippen LogP contribution is 2.29. The molecule has 35 heavy (non-hydrogen) atoms. The minimum Gasteiger partial charge on any atom is -0.345 e. The third kappa shape index (κ3) is 8.57. The Morgan fingerprint density at radius 1 is 1.03 bits per heavy atom. The number of halogens is 4. The van der Waals surface area contributed by atoms with Crippen molar-refractivity contribution in [2.45, 2.75) is 32.4 Å². The molecule has 0 saturated carbocycles. The molecule has 0 unspecified atom stereocenters. The topological polar surface area (TPSA) is 73.0 Å². The zero-order valence-electron chi connectivity index (χ0n) is 20.0. The fourth-order valence-corrected chi connectivity index (χ4v) is 4.52. The van der Waals surface area contributed by atoms with Crippen LogP contribution in [0, 0.1) is 5.92 Å². The summed E-state index contributed by atoms with van der Waals surface area (Å²) in [5.74, 6) is -0.383. The van der Waals surface area contributed by atoms with Gasteiger partial charge in [0.2, 0.25) is 5.91 Å².